The topological polar surface area (TPSA) is 82.5 Å². The number of hydrogen-bond donors (Lipinski definition) is 4. The van der Waals surface area contributed by atoms with Gasteiger partial charge >= 0.3 is 6.03 Å². The summed E-state index contributed by atoms with van der Waals surface area (Å²) in [7, 11) is 1.77. The number of aliphatic imine (C=N–C) groups is 1. The zero-order valence-electron chi connectivity index (χ0n) is 18.5. The van der Waals surface area contributed by atoms with Crippen LogP contribution >= 0.6 is 0 Å². The SMILES string of the molecule is CN=C(NCCCn1ccc2ccccc21)NCc1ccc(NC(=O)NC(C)C)cc1. The lowest BCUT2D eigenvalue weighted by Crippen LogP contribution is -2.37. The smallest absolute Gasteiger partial charge is 0.319 e. The van der Waals surface area contributed by atoms with Crippen molar-refractivity contribution in [3.8, 4) is 0 Å². The largest absolute Gasteiger partial charge is 0.356 e. The van der Waals surface area contributed by atoms with Crippen LogP contribution in [0.2, 0.25) is 0 Å². The molecule has 7 heteroatoms. The van der Waals surface area contributed by atoms with Gasteiger partial charge in [0, 0.05) is 50.1 Å². The van der Waals surface area contributed by atoms with E-state index >= 15 is 0 Å². The van der Waals surface area contributed by atoms with Gasteiger partial charge in [-0.2, -0.15) is 0 Å². The van der Waals surface area contributed by atoms with Crippen molar-refractivity contribution in [1.29, 1.82) is 0 Å². The number of rotatable bonds is 8. The highest BCUT2D eigenvalue weighted by molar-refractivity contribution is 5.89. The van der Waals surface area contributed by atoms with Gasteiger partial charge in [-0.3, -0.25) is 4.99 Å². The van der Waals surface area contributed by atoms with Gasteiger partial charge in [0.1, 0.15) is 0 Å². The van der Waals surface area contributed by atoms with Crippen molar-refractivity contribution in [3.63, 3.8) is 0 Å². The minimum absolute atomic E-state index is 0.102. The number of aromatic nitrogens is 1. The average Bonchev–Trinajstić information content (AvgIpc) is 3.17. The van der Waals surface area contributed by atoms with Gasteiger partial charge in [0.2, 0.25) is 0 Å². The third-order valence-electron chi connectivity index (χ3n) is 4.86. The summed E-state index contributed by atoms with van der Waals surface area (Å²) in [6, 6.07) is 18.3. The van der Waals surface area contributed by atoms with Crippen molar-refractivity contribution >= 4 is 28.6 Å². The van der Waals surface area contributed by atoms with Crippen molar-refractivity contribution in [2.24, 2.45) is 4.99 Å². The van der Waals surface area contributed by atoms with Crippen LogP contribution in [-0.2, 0) is 13.1 Å². The summed E-state index contributed by atoms with van der Waals surface area (Å²) in [5.74, 6) is 0.774. The van der Waals surface area contributed by atoms with E-state index in [-0.39, 0.29) is 12.1 Å². The summed E-state index contributed by atoms with van der Waals surface area (Å²) in [4.78, 5) is 16.1. The molecule has 0 saturated heterocycles. The molecule has 0 bridgehead atoms. The minimum Gasteiger partial charge on any atom is -0.356 e. The summed E-state index contributed by atoms with van der Waals surface area (Å²) in [5, 5.41) is 13.6. The van der Waals surface area contributed by atoms with Crippen LogP contribution in [-0.4, -0.2) is 36.2 Å². The summed E-state index contributed by atoms with van der Waals surface area (Å²) >= 11 is 0. The Bertz CT molecular complexity index is 1010. The number of aryl methyl sites for hydroxylation is 1. The van der Waals surface area contributed by atoms with E-state index in [1.54, 1.807) is 7.05 Å². The van der Waals surface area contributed by atoms with E-state index in [1.165, 1.54) is 10.9 Å². The number of amides is 2. The van der Waals surface area contributed by atoms with Crippen molar-refractivity contribution in [1.82, 2.24) is 20.5 Å². The zero-order chi connectivity index (χ0) is 22.1. The zero-order valence-corrected chi connectivity index (χ0v) is 18.5. The van der Waals surface area contributed by atoms with Crippen molar-refractivity contribution in [3.05, 3.63) is 66.4 Å². The fourth-order valence-electron chi connectivity index (χ4n) is 3.33. The van der Waals surface area contributed by atoms with Gasteiger partial charge in [0.15, 0.2) is 5.96 Å². The molecule has 4 N–H and O–H groups in total. The Kier molecular flexibility index (Phi) is 7.92. The predicted octanol–water partition coefficient (Wildman–Crippen LogP) is 3.93. The van der Waals surface area contributed by atoms with E-state index < -0.39 is 0 Å². The third kappa shape index (κ3) is 6.77. The number of nitrogens with one attached hydrogen (secondary N) is 4. The molecular weight excluding hydrogens is 388 g/mol. The number of para-hydroxylation sites is 1. The molecule has 1 aromatic heterocycles. The molecule has 0 radical (unpaired) electrons. The quantitative estimate of drug-likeness (QED) is 0.253. The summed E-state index contributed by atoms with van der Waals surface area (Å²) in [6.45, 7) is 6.30. The van der Waals surface area contributed by atoms with Crippen LogP contribution in [0.1, 0.15) is 25.8 Å². The molecule has 7 nitrogen and oxygen atoms in total. The number of anilines is 1. The number of hydrogen-bond acceptors (Lipinski definition) is 2. The molecular formula is C24H32N6O. The molecule has 0 aliphatic heterocycles. The van der Waals surface area contributed by atoms with E-state index in [2.05, 4.69) is 67.4 Å². The minimum atomic E-state index is -0.196. The van der Waals surface area contributed by atoms with Crippen LogP contribution in [0.5, 0.6) is 0 Å². The maximum absolute atomic E-state index is 11.8. The highest BCUT2D eigenvalue weighted by atomic mass is 16.2. The molecule has 0 fully saturated rings. The number of carbonyl (C=O) groups is 1. The Morgan fingerprint density at radius 1 is 1.03 bits per heavy atom. The molecule has 0 atom stereocenters. The first-order valence-corrected chi connectivity index (χ1v) is 10.7. The van der Waals surface area contributed by atoms with Crippen molar-refractivity contribution in [2.75, 3.05) is 18.9 Å². The van der Waals surface area contributed by atoms with Crippen LogP contribution in [0, 0.1) is 0 Å². The van der Waals surface area contributed by atoms with Gasteiger partial charge in [-0.1, -0.05) is 30.3 Å². The first kappa shape index (κ1) is 22.2. The number of fused-ring (bicyclic) bond motifs is 1. The first-order chi connectivity index (χ1) is 15.0. The number of guanidine groups is 1. The highest BCUT2D eigenvalue weighted by Crippen LogP contribution is 2.15. The van der Waals surface area contributed by atoms with E-state index in [0.29, 0.717) is 6.54 Å². The molecule has 0 aliphatic rings. The number of carbonyl (C=O) groups excluding carboxylic acids is 1. The molecule has 164 valence electrons. The van der Waals surface area contributed by atoms with E-state index in [9.17, 15) is 4.79 Å². The van der Waals surface area contributed by atoms with Gasteiger partial charge in [0.05, 0.1) is 0 Å². The van der Waals surface area contributed by atoms with E-state index in [0.717, 1.165) is 36.7 Å². The van der Waals surface area contributed by atoms with Crippen molar-refractivity contribution in [2.45, 2.75) is 39.4 Å². The fraction of sp³-hybridized carbons (Fsp3) is 0.333. The Hall–Kier alpha value is -3.48. The molecule has 1 heterocycles. The van der Waals surface area contributed by atoms with Gasteiger partial charge < -0.3 is 25.8 Å². The van der Waals surface area contributed by atoms with Crippen LogP contribution < -0.4 is 21.3 Å². The lowest BCUT2D eigenvalue weighted by atomic mass is 10.2. The van der Waals surface area contributed by atoms with Gasteiger partial charge in [-0.25, -0.2) is 4.79 Å². The van der Waals surface area contributed by atoms with Crippen molar-refractivity contribution < 1.29 is 4.79 Å². The maximum Gasteiger partial charge on any atom is 0.319 e. The molecule has 0 spiro atoms. The molecule has 2 aromatic carbocycles. The summed E-state index contributed by atoms with van der Waals surface area (Å²) in [5.41, 5.74) is 3.14. The molecule has 2 amide bonds. The standard InChI is InChI=1S/C24H32N6O/c1-18(2)28-24(31)29-21-11-9-19(10-12-21)17-27-23(25-3)26-14-6-15-30-16-13-20-7-4-5-8-22(20)30/h4-5,7-13,16,18H,6,14-15,17H2,1-3H3,(H2,25,26,27)(H2,28,29,31). The van der Waals surface area contributed by atoms with Gasteiger partial charge in [-0.05, 0) is 55.5 Å². The normalized spacial score (nSPS) is 11.5. The Balaban J connectivity index is 1.39. The van der Waals surface area contributed by atoms with E-state index in [1.807, 2.05) is 38.1 Å². The second-order valence-electron chi connectivity index (χ2n) is 7.72. The number of benzene rings is 2. The Morgan fingerprint density at radius 3 is 2.55 bits per heavy atom. The lowest BCUT2D eigenvalue weighted by molar-refractivity contribution is 0.250. The summed E-state index contributed by atoms with van der Waals surface area (Å²) < 4.78 is 2.28. The van der Waals surface area contributed by atoms with Crippen LogP contribution in [0.15, 0.2) is 65.8 Å². The molecule has 0 aliphatic carbocycles. The number of nitrogens with zero attached hydrogens (tertiary/aromatic N) is 2. The maximum atomic E-state index is 11.8. The average molecular weight is 421 g/mol. The van der Waals surface area contributed by atoms with E-state index in [4.69, 9.17) is 0 Å². The third-order valence-corrected chi connectivity index (χ3v) is 4.86. The summed E-state index contributed by atoms with van der Waals surface area (Å²) in [6.07, 6.45) is 3.14. The monoisotopic (exact) mass is 420 g/mol. The highest BCUT2D eigenvalue weighted by Gasteiger charge is 2.04. The van der Waals surface area contributed by atoms with Crippen LogP contribution in [0.25, 0.3) is 10.9 Å². The van der Waals surface area contributed by atoms with Crippen LogP contribution in [0.4, 0.5) is 10.5 Å². The lowest BCUT2D eigenvalue weighted by Gasteiger charge is -2.13. The second-order valence-corrected chi connectivity index (χ2v) is 7.72. The Labute approximate surface area is 183 Å². The van der Waals surface area contributed by atoms with Crippen LogP contribution in [0.3, 0.4) is 0 Å². The Morgan fingerprint density at radius 2 is 1.81 bits per heavy atom. The first-order valence-electron chi connectivity index (χ1n) is 10.7. The van der Waals surface area contributed by atoms with Gasteiger partial charge in [0.25, 0.3) is 0 Å². The molecule has 3 aromatic rings. The number of urea groups is 1. The second kappa shape index (κ2) is 11.1. The molecule has 0 saturated carbocycles. The molecule has 0 unspecified atom stereocenters. The molecule has 3 rings (SSSR count). The molecule has 31 heavy (non-hydrogen) atoms. The predicted molar refractivity (Wildman–Crippen MR) is 128 cm³/mol. The fourth-order valence-corrected chi connectivity index (χ4v) is 3.33. The van der Waals surface area contributed by atoms with Gasteiger partial charge in [-0.15, -0.1) is 0 Å².